The van der Waals surface area contributed by atoms with Gasteiger partial charge in [-0.3, -0.25) is 5.01 Å². The molecule has 2 aromatic carbocycles. The van der Waals surface area contributed by atoms with Crippen LogP contribution < -0.4 is 4.90 Å². The van der Waals surface area contributed by atoms with Crippen LogP contribution in [0.15, 0.2) is 53.6 Å². The molecule has 0 unspecified atom stereocenters. The Morgan fingerprint density at radius 3 is 2.54 bits per heavy atom. The Morgan fingerprint density at radius 2 is 1.88 bits per heavy atom. The summed E-state index contributed by atoms with van der Waals surface area (Å²) in [5.41, 5.74) is 2.71. The minimum Gasteiger partial charge on any atom is -0.465 e. The van der Waals surface area contributed by atoms with Crippen molar-refractivity contribution < 1.29 is 14.4 Å². The van der Waals surface area contributed by atoms with Crippen molar-refractivity contribution in [3.63, 3.8) is 0 Å². The number of nitrogens with zero attached hydrogens (tertiary/aromatic N) is 2. The molecule has 1 fully saturated rings. The van der Waals surface area contributed by atoms with Crippen LogP contribution in [-0.4, -0.2) is 50.5 Å². The Kier molecular flexibility index (Phi) is 6.26. The van der Waals surface area contributed by atoms with Crippen LogP contribution in [0.1, 0.15) is 21.5 Å². The van der Waals surface area contributed by atoms with E-state index in [2.05, 4.69) is 16.2 Å². The van der Waals surface area contributed by atoms with Gasteiger partial charge in [0.2, 0.25) is 0 Å². The summed E-state index contributed by atoms with van der Waals surface area (Å²) < 4.78 is 4.70. The average Bonchev–Trinajstić information content (AvgIpc) is 2.69. The SMILES string of the molecule is COC(=O)c1ccc(/C=N/N2CC[NH+](Cc3ccccc3Cl)CC2)cc1. The number of benzene rings is 2. The summed E-state index contributed by atoms with van der Waals surface area (Å²) in [6.07, 6.45) is 1.83. The first-order valence-electron chi connectivity index (χ1n) is 8.70. The molecule has 5 nitrogen and oxygen atoms in total. The van der Waals surface area contributed by atoms with Crippen LogP contribution in [0.2, 0.25) is 5.02 Å². The molecule has 2 aromatic rings. The molecule has 1 saturated heterocycles. The van der Waals surface area contributed by atoms with Crippen molar-refractivity contribution in [2.24, 2.45) is 5.10 Å². The highest BCUT2D eigenvalue weighted by molar-refractivity contribution is 6.31. The van der Waals surface area contributed by atoms with Gasteiger partial charge in [0.05, 0.1) is 45.1 Å². The van der Waals surface area contributed by atoms with Crippen LogP contribution in [0.5, 0.6) is 0 Å². The van der Waals surface area contributed by atoms with E-state index < -0.39 is 0 Å². The molecule has 0 aromatic heterocycles. The van der Waals surface area contributed by atoms with Gasteiger partial charge in [0.25, 0.3) is 0 Å². The van der Waals surface area contributed by atoms with Crippen molar-refractivity contribution >= 4 is 23.8 Å². The van der Waals surface area contributed by atoms with Gasteiger partial charge in [0.15, 0.2) is 0 Å². The van der Waals surface area contributed by atoms with E-state index in [1.165, 1.54) is 17.6 Å². The molecule has 0 radical (unpaired) electrons. The molecular formula is C20H23ClN3O2+. The maximum atomic E-state index is 11.4. The predicted molar refractivity (Wildman–Crippen MR) is 103 cm³/mol. The van der Waals surface area contributed by atoms with E-state index in [1.54, 1.807) is 12.1 Å². The molecule has 0 saturated carbocycles. The van der Waals surface area contributed by atoms with Gasteiger partial charge >= 0.3 is 5.97 Å². The fraction of sp³-hybridized carbons (Fsp3) is 0.300. The Balaban J connectivity index is 1.50. The number of esters is 1. The molecule has 136 valence electrons. The number of hydrazone groups is 1. The summed E-state index contributed by atoms with van der Waals surface area (Å²) in [7, 11) is 1.38. The largest absolute Gasteiger partial charge is 0.465 e. The average molecular weight is 373 g/mol. The molecule has 1 aliphatic heterocycles. The second-order valence-electron chi connectivity index (χ2n) is 6.33. The van der Waals surface area contributed by atoms with Crippen molar-refractivity contribution in [3.8, 4) is 0 Å². The van der Waals surface area contributed by atoms with Crippen molar-refractivity contribution in [1.29, 1.82) is 0 Å². The van der Waals surface area contributed by atoms with Crippen molar-refractivity contribution in [2.45, 2.75) is 6.54 Å². The van der Waals surface area contributed by atoms with Crippen LogP contribution in [0.25, 0.3) is 0 Å². The summed E-state index contributed by atoms with van der Waals surface area (Å²) in [5.74, 6) is -0.328. The Labute approximate surface area is 158 Å². The number of ether oxygens (including phenoxy) is 1. The second-order valence-corrected chi connectivity index (χ2v) is 6.74. The van der Waals surface area contributed by atoms with E-state index in [9.17, 15) is 4.79 Å². The lowest BCUT2D eigenvalue weighted by molar-refractivity contribution is -0.918. The van der Waals surface area contributed by atoms with Crippen molar-refractivity contribution in [3.05, 3.63) is 70.2 Å². The topological polar surface area (TPSA) is 46.3 Å². The quantitative estimate of drug-likeness (QED) is 0.643. The highest BCUT2D eigenvalue weighted by Gasteiger charge is 2.19. The smallest absolute Gasteiger partial charge is 0.337 e. The molecule has 0 bridgehead atoms. The lowest BCUT2D eigenvalue weighted by Crippen LogP contribution is -3.13. The number of piperazine rings is 1. The number of quaternary nitrogens is 1. The van der Waals surface area contributed by atoms with E-state index in [0.29, 0.717) is 5.56 Å². The molecule has 6 heteroatoms. The Hall–Kier alpha value is -2.37. The van der Waals surface area contributed by atoms with Gasteiger partial charge in [-0.1, -0.05) is 41.9 Å². The third kappa shape index (κ3) is 4.84. The molecule has 1 N–H and O–H groups in total. The minimum absolute atomic E-state index is 0.328. The standard InChI is InChI=1S/C20H22ClN3O2/c1-26-20(25)17-8-6-16(7-9-17)14-22-24-12-10-23(11-13-24)15-18-4-2-3-5-19(18)21/h2-9,14H,10-13,15H2,1H3/p+1/b22-14+. The molecule has 0 spiro atoms. The molecule has 0 amide bonds. The third-order valence-corrected chi connectivity index (χ3v) is 4.92. The fourth-order valence-corrected chi connectivity index (χ4v) is 3.19. The fourth-order valence-electron chi connectivity index (χ4n) is 2.99. The van der Waals surface area contributed by atoms with Gasteiger partial charge in [-0.25, -0.2) is 4.79 Å². The van der Waals surface area contributed by atoms with Crippen LogP contribution in [-0.2, 0) is 11.3 Å². The summed E-state index contributed by atoms with van der Waals surface area (Å²) in [4.78, 5) is 13.0. The summed E-state index contributed by atoms with van der Waals surface area (Å²) in [6.45, 7) is 4.84. The molecule has 26 heavy (non-hydrogen) atoms. The van der Waals surface area contributed by atoms with Gasteiger partial charge in [0, 0.05) is 10.6 Å². The van der Waals surface area contributed by atoms with Crippen molar-refractivity contribution in [2.75, 3.05) is 33.3 Å². The summed E-state index contributed by atoms with van der Waals surface area (Å²) in [6, 6.07) is 15.3. The number of methoxy groups -OCH3 is 1. The Bertz CT molecular complexity index is 769. The van der Waals surface area contributed by atoms with Crippen LogP contribution in [0, 0.1) is 0 Å². The van der Waals surface area contributed by atoms with Crippen LogP contribution in [0.3, 0.4) is 0 Å². The monoisotopic (exact) mass is 372 g/mol. The zero-order valence-electron chi connectivity index (χ0n) is 14.8. The van der Waals surface area contributed by atoms with Crippen LogP contribution in [0.4, 0.5) is 0 Å². The number of halogens is 1. The first kappa shape index (κ1) is 18.4. The van der Waals surface area contributed by atoms with E-state index >= 15 is 0 Å². The predicted octanol–water partition coefficient (Wildman–Crippen LogP) is 1.86. The number of nitrogens with one attached hydrogen (secondary N) is 1. The molecular weight excluding hydrogens is 350 g/mol. The maximum absolute atomic E-state index is 11.4. The van der Waals surface area contributed by atoms with Gasteiger partial charge in [-0.2, -0.15) is 5.10 Å². The van der Waals surface area contributed by atoms with Crippen molar-refractivity contribution in [1.82, 2.24) is 5.01 Å². The normalized spacial score (nSPS) is 15.4. The van der Waals surface area contributed by atoms with E-state index in [4.69, 9.17) is 16.3 Å². The molecule has 0 aliphatic carbocycles. The van der Waals surface area contributed by atoms with Gasteiger partial charge < -0.3 is 9.64 Å². The van der Waals surface area contributed by atoms with E-state index in [-0.39, 0.29) is 5.97 Å². The zero-order chi connectivity index (χ0) is 18.4. The number of rotatable bonds is 5. The lowest BCUT2D eigenvalue weighted by Gasteiger charge is -2.30. The molecule has 3 rings (SSSR count). The molecule has 0 atom stereocenters. The van der Waals surface area contributed by atoms with Gasteiger partial charge in [-0.05, 0) is 23.8 Å². The summed E-state index contributed by atoms with van der Waals surface area (Å²) in [5, 5.41) is 7.49. The second kappa shape index (κ2) is 8.83. The lowest BCUT2D eigenvalue weighted by atomic mass is 10.1. The van der Waals surface area contributed by atoms with Gasteiger partial charge in [-0.15, -0.1) is 0 Å². The zero-order valence-corrected chi connectivity index (χ0v) is 15.6. The Morgan fingerprint density at radius 1 is 1.19 bits per heavy atom. The highest BCUT2D eigenvalue weighted by Crippen LogP contribution is 2.13. The maximum Gasteiger partial charge on any atom is 0.337 e. The minimum atomic E-state index is -0.328. The highest BCUT2D eigenvalue weighted by atomic mass is 35.5. The van der Waals surface area contributed by atoms with Gasteiger partial charge in [0.1, 0.15) is 6.54 Å². The number of carbonyl (C=O) groups excluding carboxylic acids is 1. The third-order valence-electron chi connectivity index (χ3n) is 4.55. The molecule has 1 heterocycles. The molecule has 1 aliphatic rings. The number of carbonyl (C=O) groups is 1. The summed E-state index contributed by atoms with van der Waals surface area (Å²) >= 11 is 6.25. The number of hydrogen-bond acceptors (Lipinski definition) is 4. The van der Waals surface area contributed by atoms with E-state index in [0.717, 1.165) is 43.3 Å². The van der Waals surface area contributed by atoms with E-state index in [1.807, 2.05) is 36.5 Å². The first-order chi connectivity index (χ1) is 12.7. The first-order valence-corrected chi connectivity index (χ1v) is 9.08. The van der Waals surface area contributed by atoms with Crippen LogP contribution >= 0.6 is 11.6 Å². The number of hydrogen-bond donors (Lipinski definition) is 1.